The van der Waals surface area contributed by atoms with E-state index in [2.05, 4.69) is 39.1 Å². The molecular weight excluding hydrogens is 462 g/mol. The fraction of sp³-hybridized carbons (Fsp3) is 0.100. The Hall–Kier alpha value is -4.91. The summed E-state index contributed by atoms with van der Waals surface area (Å²) < 4.78 is 0. The zero-order valence-electron chi connectivity index (χ0n) is 20.4. The van der Waals surface area contributed by atoms with Gasteiger partial charge in [0, 0.05) is 40.3 Å². The first-order valence-electron chi connectivity index (χ1n) is 11.9. The number of carbonyl (C=O) groups excluding carboxylic acids is 2. The molecule has 182 valence electrons. The van der Waals surface area contributed by atoms with Crippen LogP contribution >= 0.6 is 0 Å². The third-order valence-electron chi connectivity index (χ3n) is 6.13. The minimum absolute atomic E-state index is 0.241. The summed E-state index contributed by atoms with van der Waals surface area (Å²) >= 11 is 0. The van der Waals surface area contributed by atoms with Crippen LogP contribution in [0, 0.1) is 0 Å². The molecule has 0 saturated carbocycles. The van der Waals surface area contributed by atoms with Crippen LogP contribution in [0.2, 0.25) is 0 Å². The standard InChI is InChI=1S/C30H25N5O2/c1-3-28(36)34-25-9-5-7-20(14-25)26-15-22(13-23-16-31-18-33-29(23)26)21-10-11-27(32-17-21)30(37)35-24-8-4-6-19(2)12-24/h3,5,7-18H,1,4,6H2,2H3,(H,34,36)(H,35,37). The molecule has 1 aliphatic rings. The first-order chi connectivity index (χ1) is 18.0. The maximum Gasteiger partial charge on any atom is 0.274 e. The number of hydrogen-bond acceptors (Lipinski definition) is 5. The maximum absolute atomic E-state index is 12.7. The second-order valence-corrected chi connectivity index (χ2v) is 8.83. The molecule has 0 bridgehead atoms. The monoisotopic (exact) mass is 487 g/mol. The fourth-order valence-electron chi connectivity index (χ4n) is 4.28. The molecule has 2 heterocycles. The second kappa shape index (κ2) is 10.4. The number of amides is 2. The van der Waals surface area contributed by atoms with Gasteiger partial charge in [0.25, 0.3) is 5.91 Å². The smallest absolute Gasteiger partial charge is 0.274 e. The average Bonchev–Trinajstić information content (AvgIpc) is 2.92. The normalized spacial score (nSPS) is 12.9. The highest BCUT2D eigenvalue weighted by Crippen LogP contribution is 2.33. The van der Waals surface area contributed by atoms with Gasteiger partial charge in [-0.05, 0) is 73.4 Å². The Bertz CT molecular complexity index is 1590. The van der Waals surface area contributed by atoms with Gasteiger partial charge in [-0.1, -0.05) is 36.4 Å². The highest BCUT2D eigenvalue weighted by molar-refractivity contribution is 6.01. The lowest BCUT2D eigenvalue weighted by atomic mass is 9.96. The lowest BCUT2D eigenvalue weighted by Crippen LogP contribution is -2.23. The molecule has 5 rings (SSSR count). The van der Waals surface area contributed by atoms with Gasteiger partial charge in [0.05, 0.1) is 5.52 Å². The van der Waals surface area contributed by atoms with E-state index in [0.717, 1.165) is 51.7 Å². The molecule has 0 unspecified atom stereocenters. The highest BCUT2D eigenvalue weighted by Gasteiger charge is 2.13. The summed E-state index contributed by atoms with van der Waals surface area (Å²) in [6.07, 6.45) is 12.2. The first-order valence-corrected chi connectivity index (χ1v) is 11.9. The number of carbonyl (C=O) groups is 2. The van der Waals surface area contributed by atoms with Crippen LogP contribution in [0.5, 0.6) is 0 Å². The van der Waals surface area contributed by atoms with Crippen molar-refractivity contribution in [3.63, 3.8) is 0 Å². The number of pyridine rings is 1. The lowest BCUT2D eigenvalue weighted by Gasteiger charge is -2.13. The van der Waals surface area contributed by atoms with Crippen LogP contribution in [0.25, 0.3) is 33.2 Å². The Labute approximate surface area is 214 Å². The summed E-state index contributed by atoms with van der Waals surface area (Å²) in [6.45, 7) is 5.57. The number of nitrogens with zero attached hydrogens (tertiary/aromatic N) is 3. The number of aromatic nitrogens is 3. The number of benzene rings is 2. The van der Waals surface area contributed by atoms with E-state index >= 15 is 0 Å². The van der Waals surface area contributed by atoms with Gasteiger partial charge in [0.15, 0.2) is 0 Å². The molecule has 2 amide bonds. The van der Waals surface area contributed by atoms with Gasteiger partial charge >= 0.3 is 0 Å². The van der Waals surface area contributed by atoms with Crippen molar-refractivity contribution in [3.8, 4) is 22.3 Å². The third kappa shape index (κ3) is 5.36. The molecule has 0 spiro atoms. The van der Waals surface area contributed by atoms with Gasteiger partial charge in [-0.15, -0.1) is 0 Å². The minimum atomic E-state index is -0.279. The van der Waals surface area contributed by atoms with Crippen molar-refractivity contribution in [2.24, 2.45) is 0 Å². The molecular formula is C30H25N5O2. The third-order valence-corrected chi connectivity index (χ3v) is 6.13. The van der Waals surface area contributed by atoms with Gasteiger partial charge in [-0.25, -0.2) is 9.97 Å². The van der Waals surface area contributed by atoms with Crippen molar-refractivity contribution >= 4 is 28.4 Å². The molecule has 37 heavy (non-hydrogen) atoms. The molecule has 0 atom stereocenters. The molecule has 2 aromatic heterocycles. The predicted molar refractivity (Wildman–Crippen MR) is 146 cm³/mol. The molecule has 0 fully saturated rings. The SMILES string of the molecule is C=CC(=O)Nc1cccc(-c2cc(-c3ccc(C(=O)NC4=CCCC(C)=C4)nc3)cc3cncnc23)c1. The van der Waals surface area contributed by atoms with E-state index in [9.17, 15) is 9.59 Å². The van der Waals surface area contributed by atoms with Gasteiger partial charge in [-0.3, -0.25) is 14.6 Å². The van der Waals surface area contributed by atoms with Crippen molar-refractivity contribution in [2.45, 2.75) is 19.8 Å². The van der Waals surface area contributed by atoms with Crippen molar-refractivity contribution in [3.05, 3.63) is 109 Å². The van der Waals surface area contributed by atoms with E-state index in [0.29, 0.717) is 11.4 Å². The zero-order chi connectivity index (χ0) is 25.8. The Morgan fingerprint density at radius 1 is 0.973 bits per heavy atom. The van der Waals surface area contributed by atoms with Crippen LogP contribution in [0.4, 0.5) is 5.69 Å². The van der Waals surface area contributed by atoms with E-state index < -0.39 is 0 Å². The van der Waals surface area contributed by atoms with Gasteiger partial charge in [0.1, 0.15) is 12.0 Å². The van der Waals surface area contributed by atoms with E-state index in [-0.39, 0.29) is 11.8 Å². The molecule has 0 aliphatic heterocycles. The molecule has 1 aliphatic carbocycles. The van der Waals surface area contributed by atoms with Crippen LogP contribution in [0.3, 0.4) is 0 Å². The maximum atomic E-state index is 12.7. The van der Waals surface area contributed by atoms with Gasteiger partial charge in [0.2, 0.25) is 5.91 Å². The molecule has 0 radical (unpaired) electrons. The predicted octanol–water partition coefficient (Wildman–Crippen LogP) is 5.84. The molecule has 0 saturated heterocycles. The van der Waals surface area contributed by atoms with E-state index in [1.807, 2.05) is 54.6 Å². The summed E-state index contributed by atoms with van der Waals surface area (Å²) in [7, 11) is 0. The summed E-state index contributed by atoms with van der Waals surface area (Å²) in [5.74, 6) is -0.519. The zero-order valence-corrected chi connectivity index (χ0v) is 20.4. The van der Waals surface area contributed by atoms with Crippen molar-refractivity contribution in [2.75, 3.05) is 5.32 Å². The molecule has 2 N–H and O–H groups in total. The van der Waals surface area contributed by atoms with Gasteiger partial charge in [-0.2, -0.15) is 0 Å². The van der Waals surface area contributed by atoms with E-state index in [1.54, 1.807) is 18.5 Å². The van der Waals surface area contributed by atoms with Crippen LogP contribution in [0.1, 0.15) is 30.3 Å². The number of rotatable bonds is 6. The first kappa shape index (κ1) is 23.8. The Balaban J connectivity index is 1.47. The summed E-state index contributed by atoms with van der Waals surface area (Å²) in [4.78, 5) is 37.6. The topological polar surface area (TPSA) is 96.9 Å². The van der Waals surface area contributed by atoms with Crippen molar-refractivity contribution in [1.29, 1.82) is 0 Å². The van der Waals surface area contributed by atoms with Crippen molar-refractivity contribution in [1.82, 2.24) is 20.3 Å². The van der Waals surface area contributed by atoms with Crippen LogP contribution in [0.15, 0.2) is 103 Å². The Morgan fingerprint density at radius 3 is 2.65 bits per heavy atom. The quantitative estimate of drug-likeness (QED) is 0.333. The molecule has 7 heteroatoms. The van der Waals surface area contributed by atoms with Crippen LogP contribution in [-0.2, 0) is 4.79 Å². The van der Waals surface area contributed by atoms with E-state index in [4.69, 9.17) is 0 Å². The summed E-state index contributed by atoms with van der Waals surface area (Å²) in [5, 5.41) is 6.60. The van der Waals surface area contributed by atoms with Crippen LogP contribution < -0.4 is 10.6 Å². The Morgan fingerprint density at radius 2 is 1.86 bits per heavy atom. The van der Waals surface area contributed by atoms with Crippen LogP contribution in [-0.4, -0.2) is 26.8 Å². The summed E-state index contributed by atoms with van der Waals surface area (Å²) in [5.41, 5.74) is 7.38. The number of nitrogens with one attached hydrogen (secondary N) is 2. The minimum Gasteiger partial charge on any atom is -0.323 e. The van der Waals surface area contributed by atoms with E-state index in [1.165, 1.54) is 18.0 Å². The number of allylic oxidation sites excluding steroid dienone is 3. The summed E-state index contributed by atoms with van der Waals surface area (Å²) in [6, 6.07) is 15.2. The number of hydrogen-bond donors (Lipinski definition) is 2. The second-order valence-electron chi connectivity index (χ2n) is 8.83. The molecule has 7 nitrogen and oxygen atoms in total. The largest absolute Gasteiger partial charge is 0.323 e. The number of anilines is 1. The number of fused-ring (bicyclic) bond motifs is 1. The molecule has 2 aromatic carbocycles. The Kier molecular flexibility index (Phi) is 6.68. The highest BCUT2D eigenvalue weighted by atomic mass is 16.2. The fourth-order valence-corrected chi connectivity index (χ4v) is 4.28. The molecule has 4 aromatic rings. The average molecular weight is 488 g/mol. The lowest BCUT2D eigenvalue weighted by molar-refractivity contribution is -0.111. The van der Waals surface area contributed by atoms with Gasteiger partial charge < -0.3 is 10.6 Å². The van der Waals surface area contributed by atoms with Crippen molar-refractivity contribution < 1.29 is 9.59 Å².